The summed E-state index contributed by atoms with van der Waals surface area (Å²) in [7, 11) is 6.71. The fourth-order valence-corrected chi connectivity index (χ4v) is 2.76. The largest absolute Gasteiger partial charge is 0.225 e. The molecule has 0 saturated carbocycles. The summed E-state index contributed by atoms with van der Waals surface area (Å²) in [6.45, 7) is 7.69. The molecule has 0 aliphatic carbocycles. The molecular formula is C10H19B5S. The third kappa shape index (κ3) is 2.77. The summed E-state index contributed by atoms with van der Waals surface area (Å²) < 4.78 is 0. The van der Waals surface area contributed by atoms with Crippen molar-refractivity contribution in [2.75, 3.05) is 0 Å². The molecule has 1 aromatic rings. The first-order valence-corrected chi connectivity index (χ1v) is 6.83. The van der Waals surface area contributed by atoms with E-state index in [4.69, 9.17) is 0 Å². The van der Waals surface area contributed by atoms with Gasteiger partial charge in [-0.25, -0.2) is 12.5 Å². The fraction of sp³-hybridized carbons (Fsp3) is 0.400. The molecule has 0 radical (unpaired) electrons. The zero-order valence-corrected chi connectivity index (χ0v) is 12.1. The molecule has 1 rings (SSSR count). The maximum Gasteiger partial charge on any atom is 0.219 e. The van der Waals surface area contributed by atoms with Crippen molar-refractivity contribution < 1.29 is 0 Å². The molecule has 0 nitrogen and oxygen atoms in total. The van der Waals surface area contributed by atoms with Gasteiger partial charge in [-0.05, 0) is 11.0 Å². The Balaban J connectivity index is 3.43. The first kappa shape index (κ1) is 14.0. The van der Waals surface area contributed by atoms with Crippen LogP contribution in [0.5, 0.6) is 0 Å². The van der Waals surface area contributed by atoms with Crippen LogP contribution >= 0.6 is 12.5 Å². The minimum Gasteiger partial charge on any atom is -0.225 e. The van der Waals surface area contributed by atoms with Crippen molar-refractivity contribution in [2.45, 2.75) is 26.2 Å². The van der Waals surface area contributed by atoms with Gasteiger partial charge in [0.15, 0.2) is 0 Å². The van der Waals surface area contributed by atoms with E-state index >= 15 is 0 Å². The zero-order valence-electron chi connectivity index (χ0n) is 11.2. The summed E-state index contributed by atoms with van der Waals surface area (Å²) in [4.78, 5) is 0. The molecule has 0 unspecified atom stereocenters. The molecule has 6 heteroatoms. The second-order valence-corrected chi connectivity index (χ2v) is 5.66. The summed E-state index contributed by atoms with van der Waals surface area (Å²) in [6.07, 6.45) is 0. The van der Waals surface area contributed by atoms with Gasteiger partial charge in [0, 0.05) is 0 Å². The van der Waals surface area contributed by atoms with Crippen LogP contribution in [0.15, 0.2) is 12.1 Å². The second kappa shape index (κ2) is 5.49. The maximum atomic E-state index is 4.52. The average Bonchev–Trinajstić information content (AvgIpc) is 2.25. The van der Waals surface area contributed by atoms with E-state index in [-0.39, 0.29) is 5.41 Å². The summed E-state index contributed by atoms with van der Waals surface area (Å²) in [5, 5.41) is 0. The molecule has 0 amide bonds. The molecule has 0 heterocycles. The minimum atomic E-state index is 0.217. The van der Waals surface area contributed by atoms with E-state index in [0.29, 0.717) is 0 Å². The van der Waals surface area contributed by atoms with Crippen LogP contribution in [0, 0.1) is 0 Å². The fourth-order valence-electron chi connectivity index (χ4n) is 2.40. The van der Waals surface area contributed by atoms with Crippen LogP contribution in [-0.4, -0.2) is 36.4 Å². The van der Waals surface area contributed by atoms with E-state index in [1.54, 1.807) is 0 Å². The zero-order chi connectivity index (χ0) is 12.3. The van der Waals surface area contributed by atoms with Crippen molar-refractivity contribution in [3.63, 3.8) is 0 Å². The van der Waals surface area contributed by atoms with E-state index in [9.17, 15) is 0 Å². The SMILES string of the molecule is BBc1ccc(C(C)(C)C)c(BS)c1BB. The number of hydrogen-bond donors (Lipinski definition) is 1. The quantitative estimate of drug-likeness (QED) is 0.414. The van der Waals surface area contributed by atoms with Crippen molar-refractivity contribution in [2.24, 2.45) is 0 Å². The highest BCUT2D eigenvalue weighted by atomic mass is 32.1. The molecule has 16 heavy (non-hydrogen) atoms. The molecule has 0 aliphatic rings. The van der Waals surface area contributed by atoms with E-state index in [1.807, 2.05) is 0 Å². The molecule has 0 saturated heterocycles. The van der Waals surface area contributed by atoms with Crippen LogP contribution in [0.3, 0.4) is 0 Å². The number of hydrogen-bond acceptors (Lipinski definition) is 1. The predicted octanol–water partition coefficient (Wildman–Crippen LogP) is -2.89. The highest BCUT2D eigenvalue weighted by molar-refractivity contribution is 8.08. The normalized spacial score (nSPS) is 11.0. The van der Waals surface area contributed by atoms with Gasteiger partial charge >= 0.3 is 0 Å². The van der Waals surface area contributed by atoms with E-state index in [2.05, 4.69) is 60.9 Å². The van der Waals surface area contributed by atoms with Gasteiger partial charge in [0.1, 0.15) is 14.3 Å². The van der Waals surface area contributed by atoms with Crippen LogP contribution in [-0.2, 0) is 5.41 Å². The van der Waals surface area contributed by atoms with Crippen molar-refractivity contribution >= 4 is 65.2 Å². The monoisotopic (exact) mass is 226 g/mol. The highest BCUT2D eigenvalue weighted by Gasteiger charge is 2.20. The lowest BCUT2D eigenvalue weighted by Gasteiger charge is -2.26. The van der Waals surface area contributed by atoms with Gasteiger partial charge in [0.25, 0.3) is 0 Å². The van der Waals surface area contributed by atoms with Crippen LogP contribution in [0.2, 0.25) is 0 Å². The van der Waals surface area contributed by atoms with E-state index in [0.717, 1.165) is 20.9 Å². The lowest BCUT2D eigenvalue weighted by molar-refractivity contribution is 0.594. The molecule has 0 fully saturated rings. The van der Waals surface area contributed by atoms with Crippen molar-refractivity contribution in [1.82, 2.24) is 0 Å². The van der Waals surface area contributed by atoms with Crippen LogP contribution in [0.25, 0.3) is 0 Å². The first-order valence-electron chi connectivity index (χ1n) is 6.20. The van der Waals surface area contributed by atoms with Crippen molar-refractivity contribution in [3.05, 3.63) is 17.7 Å². The average molecular weight is 225 g/mol. The lowest BCUT2D eigenvalue weighted by atomic mass is 9.40. The molecule has 0 aliphatic heterocycles. The van der Waals surface area contributed by atoms with Gasteiger partial charge in [-0.15, -0.1) is 10.9 Å². The number of thiol groups is 1. The third-order valence-electron chi connectivity index (χ3n) is 3.23. The summed E-state index contributed by atoms with van der Waals surface area (Å²) in [5.41, 5.74) is 6.13. The standard InChI is InChI=1S/C10H19B5S/c1-10(2,3)6-4-5-7(13-11)9(14-12)8(6)15-16/h4-5,13-16H,11-12H2,1-3H3. The van der Waals surface area contributed by atoms with Gasteiger partial charge < -0.3 is 0 Å². The van der Waals surface area contributed by atoms with Crippen molar-refractivity contribution in [1.29, 1.82) is 0 Å². The lowest BCUT2D eigenvalue weighted by Crippen LogP contribution is -2.50. The summed E-state index contributed by atoms with van der Waals surface area (Å²) in [5.74, 6) is 0. The molecular weight excluding hydrogens is 206 g/mol. The summed E-state index contributed by atoms with van der Waals surface area (Å²) >= 11 is 4.52. The molecule has 80 valence electrons. The van der Waals surface area contributed by atoms with Crippen molar-refractivity contribution in [3.8, 4) is 0 Å². The molecule has 1 aromatic carbocycles. The Morgan fingerprint density at radius 1 is 1.06 bits per heavy atom. The Bertz CT molecular complexity index is 372. The van der Waals surface area contributed by atoms with E-state index in [1.165, 1.54) is 22.0 Å². The van der Waals surface area contributed by atoms with Crippen LogP contribution in [0.1, 0.15) is 26.3 Å². The first-order chi connectivity index (χ1) is 7.45. The maximum absolute atomic E-state index is 4.52. The molecule has 0 aromatic heterocycles. The van der Waals surface area contributed by atoms with Gasteiger partial charge in [-0.1, -0.05) is 38.4 Å². The Labute approximate surface area is 109 Å². The molecule has 0 atom stereocenters. The van der Waals surface area contributed by atoms with Crippen LogP contribution in [0.4, 0.5) is 0 Å². The predicted molar refractivity (Wildman–Crippen MR) is 91.6 cm³/mol. The Morgan fingerprint density at radius 2 is 1.69 bits per heavy atom. The van der Waals surface area contributed by atoms with Crippen LogP contribution < -0.4 is 16.4 Å². The second-order valence-electron chi connectivity index (χ2n) is 5.34. The van der Waals surface area contributed by atoms with Gasteiger partial charge in [0.2, 0.25) is 6.56 Å². The minimum absolute atomic E-state index is 0.217. The topological polar surface area (TPSA) is 0 Å². The Hall–Kier alpha value is -0.105. The third-order valence-corrected chi connectivity index (χ3v) is 3.55. The molecule has 0 spiro atoms. The Morgan fingerprint density at radius 3 is 2.06 bits per heavy atom. The van der Waals surface area contributed by atoms with Gasteiger partial charge in [-0.2, -0.15) is 0 Å². The number of benzene rings is 1. The van der Waals surface area contributed by atoms with Gasteiger partial charge in [0.05, 0.1) is 15.5 Å². The Kier molecular flexibility index (Phi) is 4.79. The van der Waals surface area contributed by atoms with E-state index < -0.39 is 0 Å². The summed E-state index contributed by atoms with van der Waals surface area (Å²) in [6, 6.07) is 4.59. The highest BCUT2D eigenvalue weighted by Crippen LogP contribution is 2.19. The van der Waals surface area contributed by atoms with Gasteiger partial charge in [-0.3, -0.25) is 0 Å². The number of rotatable bonds is 3. The molecule has 0 bridgehead atoms. The smallest absolute Gasteiger partial charge is 0.219 e. The molecule has 0 N–H and O–H groups in total.